The predicted molar refractivity (Wildman–Crippen MR) is 451 cm³/mol. The number of anilines is 8. The molecule has 1 unspecified atom stereocenters. The highest BCUT2D eigenvalue weighted by Crippen LogP contribution is 2.49. The fourth-order valence-corrected chi connectivity index (χ4v) is 15.9. The van der Waals surface area contributed by atoms with Gasteiger partial charge < -0.3 is 72.4 Å². The number of nitriles is 3. The summed E-state index contributed by atoms with van der Waals surface area (Å²) in [4.78, 5) is 66.0. The van der Waals surface area contributed by atoms with Crippen LogP contribution < -0.4 is 52.0 Å². The van der Waals surface area contributed by atoms with Crippen molar-refractivity contribution in [3.63, 3.8) is 0 Å². The van der Waals surface area contributed by atoms with Crippen molar-refractivity contribution in [2.75, 3.05) is 62.3 Å². The maximum absolute atomic E-state index is 13.8. The van der Waals surface area contributed by atoms with Crippen LogP contribution >= 0.6 is 0 Å². The van der Waals surface area contributed by atoms with E-state index in [-0.39, 0.29) is 113 Å². The van der Waals surface area contributed by atoms with E-state index in [0.29, 0.717) is 114 Å². The average Bonchev–Trinajstić information content (AvgIpc) is 1.18. The molecule has 0 radical (unpaired) electrons. The number of fused-ring (bicyclic) bond motifs is 4. The van der Waals surface area contributed by atoms with Crippen molar-refractivity contribution in [3.05, 3.63) is 148 Å². The Balaban J connectivity index is 0.000000161. The van der Waals surface area contributed by atoms with Crippen LogP contribution in [0.25, 0.3) is 0 Å². The number of rotatable bonds is 27. The van der Waals surface area contributed by atoms with Crippen molar-refractivity contribution in [1.82, 2.24) is 64.8 Å². The number of nitrogens with zero attached hydrogens (tertiary/aromatic N) is 16. The van der Waals surface area contributed by atoms with E-state index in [1.807, 2.05) is 51.1 Å². The van der Waals surface area contributed by atoms with E-state index in [1.165, 1.54) is 45.0 Å². The van der Waals surface area contributed by atoms with Crippen LogP contribution in [-0.4, -0.2) is 170 Å². The van der Waals surface area contributed by atoms with Crippen molar-refractivity contribution < 1.29 is 61.0 Å². The molecule has 37 heteroatoms. The molecule has 0 spiro atoms. The molecule has 0 saturated heterocycles. The number of hydrogen-bond donors (Lipinski definition) is 12. The number of carbonyl (C=O) groups is 1. The number of pyridine rings is 1. The average molecular weight is 1710 g/mol. The highest BCUT2D eigenvalue weighted by atomic mass is 19.4. The Morgan fingerprint density at radius 2 is 1.04 bits per heavy atom. The number of aromatic nitrogens is 13. The fraction of sp³-hybridized carbons (Fsp3) is 0.529. The minimum absolute atomic E-state index is 0.00222. The molecule has 6 fully saturated rings. The van der Waals surface area contributed by atoms with Crippen LogP contribution in [0.2, 0.25) is 0 Å². The number of terminal acetylenes is 1. The molecular weight excluding hydrogens is 1610 g/mol. The number of aliphatic hydroxyl groups is 4. The van der Waals surface area contributed by atoms with Crippen LogP contribution in [0.5, 0.6) is 11.8 Å². The quantitative estimate of drug-likeness (QED) is 0.0168. The third kappa shape index (κ3) is 25.6. The van der Waals surface area contributed by atoms with E-state index in [0.717, 1.165) is 101 Å². The van der Waals surface area contributed by atoms with Crippen molar-refractivity contribution in [1.29, 1.82) is 15.8 Å². The minimum Gasteiger partial charge on any atom is -0.474 e. The van der Waals surface area contributed by atoms with E-state index in [2.05, 4.69) is 139 Å². The molecule has 7 aliphatic carbocycles. The summed E-state index contributed by atoms with van der Waals surface area (Å²) in [7, 11) is 0. The summed E-state index contributed by atoms with van der Waals surface area (Å²) >= 11 is 0. The van der Waals surface area contributed by atoms with Gasteiger partial charge in [0, 0.05) is 98.8 Å². The van der Waals surface area contributed by atoms with E-state index in [4.69, 9.17) is 15.9 Å². The SMILES string of the molecule is C#Cc1cnc(NCCC2C(=O)Cc3ccccc32)nc1N[C@@H]1CC[C@@H](O)C(C)(C)C1.CC(C)(F)COc1ncncc1CNc1ncc(C#N)c(NC23CCC(O)(CC2)CC3)n1.CC1(C)C[C@H](Nc2nc(NCc3cncnc3C(F)(F)F)ncc2C#N)CC[C@H]1O.C[C@@H]1CC[C@@H](Nc2nc(NCc3cccnc3OCC(C)(F)F)ncc2C#N)C[C@H]1O. The van der Waals surface area contributed by atoms with Crippen LogP contribution in [-0.2, 0) is 37.0 Å². The number of aliphatic hydroxyl groups excluding tert-OH is 3. The molecule has 7 heterocycles. The van der Waals surface area contributed by atoms with Gasteiger partial charge in [0.2, 0.25) is 35.6 Å². The molecule has 7 aliphatic rings. The van der Waals surface area contributed by atoms with Crippen LogP contribution in [0.4, 0.5) is 73.4 Å². The number of Topliss-reactive ketones (excluding diaryl/α,β-unsaturated/α-hetero) is 1. The van der Waals surface area contributed by atoms with Crippen molar-refractivity contribution in [3.8, 4) is 42.3 Å². The Labute approximate surface area is 716 Å². The summed E-state index contributed by atoms with van der Waals surface area (Å²) in [5.74, 6) is 3.52. The molecule has 15 rings (SSSR count). The number of nitrogens with one attached hydrogen (secondary N) is 8. The summed E-state index contributed by atoms with van der Waals surface area (Å²) in [6, 6.07) is 17.9. The van der Waals surface area contributed by atoms with Gasteiger partial charge in [-0.25, -0.2) is 58.0 Å². The number of hydrogen-bond acceptors (Lipinski definition) is 31. The summed E-state index contributed by atoms with van der Waals surface area (Å²) in [5, 5.41) is 94.7. The third-order valence-corrected chi connectivity index (χ3v) is 23.2. The number of ketones is 1. The molecular formula is C87H106F6N24O7. The normalized spacial score (nSPS) is 22.8. The van der Waals surface area contributed by atoms with Gasteiger partial charge in [0.25, 0.3) is 5.92 Å². The van der Waals surface area contributed by atoms with Crippen LogP contribution in [0.1, 0.15) is 220 Å². The lowest BCUT2D eigenvalue weighted by atomic mass is 9.63. The number of ether oxygens (including phenoxy) is 2. The lowest BCUT2D eigenvalue weighted by Gasteiger charge is -2.51. The number of halogens is 6. The third-order valence-electron chi connectivity index (χ3n) is 23.2. The Morgan fingerprint density at radius 3 is 1.58 bits per heavy atom. The van der Waals surface area contributed by atoms with Crippen LogP contribution in [0, 0.1) is 63.1 Å². The predicted octanol–water partition coefficient (Wildman–Crippen LogP) is 13.1. The highest BCUT2D eigenvalue weighted by molar-refractivity contribution is 5.92. The van der Waals surface area contributed by atoms with Gasteiger partial charge in [-0.2, -0.15) is 48.9 Å². The number of benzene rings is 1. The number of carbonyl (C=O) groups excluding carboxylic acids is 1. The first-order chi connectivity index (χ1) is 58.9. The van der Waals surface area contributed by atoms with Crippen LogP contribution in [0.15, 0.2) is 92.4 Å². The van der Waals surface area contributed by atoms with Gasteiger partial charge in [-0.1, -0.05) is 70.9 Å². The topological polar surface area (TPSA) is 452 Å². The van der Waals surface area contributed by atoms with Gasteiger partial charge in [-0.15, -0.1) is 6.42 Å². The zero-order valence-corrected chi connectivity index (χ0v) is 70.6. The first-order valence-electron chi connectivity index (χ1n) is 41.4. The van der Waals surface area contributed by atoms with Gasteiger partial charge in [-0.3, -0.25) is 4.79 Å². The standard InChI is InChI=1S/C25H30N4O2.C22H28FN7O2.C21H26F2N6O2.C19H22F3N7O/c1-4-16-15-27-24(29-23(16)28-18-9-10-22(31)25(2,3)14-18)26-12-11-20-19-8-6-5-7-17(19)13-21(20)30;1-20(2,23)13-32-18-16(10-25-14-28-18)12-27-19-26-11-15(9-24)17(29-19)30-21-3-6-22(31,7-4-21)8-5-21;1-13-5-6-16(8-17(13)30)28-18-15(9-24)11-27-20(29-18)26-10-14-4-3-7-25-19(14)31-12-21(2,22)23;1-18(2)5-13(3-4-14(18)30)28-16-11(6-23)8-25-17(29-16)26-9-12-7-24-10-27-15(12)19(20,21)22/h1,5-8,15,18,20,22,31H,9-14H2,2-3H3,(H2,26,27,28,29);10-11,14,31H,3-8,12-13H2,1-2H3,(H2,26,27,29,30);3-4,7,11,13,16-17,30H,5-6,8,10,12H2,1-2H3,(H2,26,27,28,29);7-8,10,13-14,30H,3-5,9H2,1-2H3,(H2,25,26,28,29)/t18-,20?,22-;;13-,16-,17-;13-,14-/m1.11/s1. The maximum atomic E-state index is 13.8. The molecule has 1 aromatic carbocycles. The zero-order valence-electron chi connectivity index (χ0n) is 70.6. The minimum atomic E-state index is -4.60. The van der Waals surface area contributed by atoms with E-state index in [9.17, 15) is 67.3 Å². The fourth-order valence-electron chi connectivity index (χ4n) is 15.9. The van der Waals surface area contributed by atoms with Gasteiger partial charge in [0.1, 0.15) is 88.9 Å². The first kappa shape index (κ1) is 92.7. The van der Waals surface area contributed by atoms with Gasteiger partial charge in [-0.05, 0) is 151 Å². The molecule has 6 saturated carbocycles. The van der Waals surface area contributed by atoms with Crippen molar-refractivity contribution >= 4 is 52.8 Å². The van der Waals surface area contributed by atoms with Crippen molar-refractivity contribution in [2.24, 2.45) is 16.7 Å². The molecule has 0 amide bonds. The Morgan fingerprint density at radius 1 is 0.556 bits per heavy atom. The Kier molecular flexibility index (Phi) is 30.3. The molecule has 658 valence electrons. The Hall–Kier alpha value is -12.0. The molecule has 7 aromatic heterocycles. The summed E-state index contributed by atoms with van der Waals surface area (Å²) in [6.45, 7) is 13.7. The summed E-state index contributed by atoms with van der Waals surface area (Å²) in [5.41, 5.74) is 1.22. The molecule has 2 bridgehead atoms. The largest absolute Gasteiger partial charge is 0.474 e. The first-order valence-corrected chi connectivity index (χ1v) is 41.4. The second-order valence-corrected chi connectivity index (χ2v) is 34.6. The molecule has 8 aromatic rings. The van der Waals surface area contributed by atoms with E-state index >= 15 is 0 Å². The summed E-state index contributed by atoms with van der Waals surface area (Å²) in [6.07, 6.45) is 25.0. The molecule has 12 N–H and O–H groups in total. The molecule has 31 nitrogen and oxygen atoms in total. The molecule has 0 aliphatic heterocycles. The van der Waals surface area contributed by atoms with Gasteiger partial charge >= 0.3 is 6.18 Å². The Bertz CT molecular complexity index is 5140. The highest BCUT2D eigenvalue weighted by Gasteiger charge is 2.48. The lowest BCUT2D eigenvalue weighted by Crippen LogP contribution is -2.54. The van der Waals surface area contributed by atoms with E-state index < -0.39 is 47.9 Å². The molecule has 124 heavy (non-hydrogen) atoms. The summed E-state index contributed by atoms with van der Waals surface area (Å²) < 4.78 is 89.9. The second kappa shape index (κ2) is 40.5. The van der Waals surface area contributed by atoms with Gasteiger partial charge in [0.15, 0.2) is 12.3 Å². The number of alkyl halides is 6. The van der Waals surface area contributed by atoms with Gasteiger partial charge in [0.05, 0.1) is 59.8 Å². The zero-order chi connectivity index (χ0) is 89.2. The molecule has 8 atom stereocenters. The monoisotopic (exact) mass is 1710 g/mol. The lowest BCUT2D eigenvalue weighted by molar-refractivity contribution is -0.141. The van der Waals surface area contributed by atoms with Crippen LogP contribution in [0.3, 0.4) is 0 Å². The smallest absolute Gasteiger partial charge is 0.433 e. The van der Waals surface area contributed by atoms with Crippen molar-refractivity contribution in [2.45, 2.75) is 255 Å². The maximum Gasteiger partial charge on any atom is 0.433 e. The van der Waals surface area contributed by atoms with E-state index in [1.54, 1.807) is 24.5 Å². The second-order valence-electron chi connectivity index (χ2n) is 34.6.